The Labute approximate surface area is 125 Å². The molecule has 2 rings (SSSR count). The molecular formula is C15H24N4O2. The third kappa shape index (κ3) is 4.90. The predicted octanol–water partition coefficient (Wildman–Crippen LogP) is 1.00. The van der Waals surface area contributed by atoms with E-state index < -0.39 is 0 Å². The fraction of sp³-hybridized carbons (Fsp3) is 0.600. The average molecular weight is 292 g/mol. The van der Waals surface area contributed by atoms with Gasteiger partial charge in [-0.1, -0.05) is 6.07 Å². The van der Waals surface area contributed by atoms with Gasteiger partial charge in [0.25, 0.3) is 0 Å². The summed E-state index contributed by atoms with van der Waals surface area (Å²) in [4.78, 5) is 29.9. The lowest BCUT2D eigenvalue weighted by Gasteiger charge is -2.36. The standard InChI is InChI=1S/C15H24N4O2/c1-15(2,3)17-14(21)19-8-6-18(7-9-19)11-12-4-5-13(20)16-10-12/h4-5,10H,6-9,11H2,1-3H3,(H,16,20)(H,17,21). The molecule has 0 aliphatic carbocycles. The zero-order valence-corrected chi connectivity index (χ0v) is 13.0. The molecule has 0 radical (unpaired) electrons. The van der Waals surface area contributed by atoms with Crippen LogP contribution < -0.4 is 10.9 Å². The Morgan fingerprint density at radius 3 is 2.43 bits per heavy atom. The summed E-state index contributed by atoms with van der Waals surface area (Å²) >= 11 is 0. The predicted molar refractivity (Wildman–Crippen MR) is 82.2 cm³/mol. The van der Waals surface area contributed by atoms with Gasteiger partial charge < -0.3 is 15.2 Å². The van der Waals surface area contributed by atoms with Gasteiger partial charge in [-0.15, -0.1) is 0 Å². The maximum absolute atomic E-state index is 12.1. The monoisotopic (exact) mass is 292 g/mol. The van der Waals surface area contributed by atoms with E-state index in [1.807, 2.05) is 31.7 Å². The molecule has 0 aromatic carbocycles. The number of hydrogen-bond acceptors (Lipinski definition) is 3. The highest BCUT2D eigenvalue weighted by molar-refractivity contribution is 5.75. The molecule has 1 aromatic heterocycles. The number of amides is 2. The van der Waals surface area contributed by atoms with Gasteiger partial charge in [0.05, 0.1) is 0 Å². The number of nitrogens with zero attached hydrogens (tertiary/aromatic N) is 2. The summed E-state index contributed by atoms with van der Waals surface area (Å²) in [6.07, 6.45) is 1.75. The molecule has 2 heterocycles. The molecule has 0 saturated carbocycles. The summed E-state index contributed by atoms with van der Waals surface area (Å²) in [6, 6.07) is 3.39. The van der Waals surface area contributed by atoms with Gasteiger partial charge in [0.15, 0.2) is 0 Å². The number of piperazine rings is 1. The van der Waals surface area contributed by atoms with Gasteiger partial charge in [-0.05, 0) is 26.3 Å². The highest BCUT2D eigenvalue weighted by atomic mass is 16.2. The summed E-state index contributed by atoms with van der Waals surface area (Å²) in [5.41, 5.74) is 0.800. The van der Waals surface area contributed by atoms with Crippen LogP contribution in [0.15, 0.2) is 23.1 Å². The number of rotatable bonds is 2. The van der Waals surface area contributed by atoms with Crippen LogP contribution >= 0.6 is 0 Å². The molecule has 6 heteroatoms. The van der Waals surface area contributed by atoms with E-state index in [0.29, 0.717) is 0 Å². The number of aromatic nitrogens is 1. The number of aromatic amines is 1. The Morgan fingerprint density at radius 2 is 1.90 bits per heavy atom. The average Bonchev–Trinajstić information content (AvgIpc) is 2.40. The molecule has 0 spiro atoms. The van der Waals surface area contributed by atoms with E-state index >= 15 is 0 Å². The molecule has 1 aromatic rings. The van der Waals surface area contributed by atoms with Crippen LogP contribution in [0.2, 0.25) is 0 Å². The first-order valence-electron chi connectivity index (χ1n) is 7.30. The summed E-state index contributed by atoms with van der Waals surface area (Å²) in [6.45, 7) is 9.89. The lowest BCUT2D eigenvalue weighted by atomic mass is 10.1. The molecule has 0 unspecified atom stereocenters. The molecular weight excluding hydrogens is 268 g/mol. The summed E-state index contributed by atoms with van der Waals surface area (Å²) in [5.74, 6) is 0. The van der Waals surface area contributed by atoms with Gasteiger partial charge in [0, 0.05) is 50.5 Å². The molecule has 6 nitrogen and oxygen atoms in total. The van der Waals surface area contributed by atoms with Crippen molar-refractivity contribution in [1.29, 1.82) is 0 Å². The van der Waals surface area contributed by atoms with Gasteiger partial charge in [0.2, 0.25) is 5.56 Å². The van der Waals surface area contributed by atoms with Crippen molar-refractivity contribution >= 4 is 6.03 Å². The number of urea groups is 1. The first-order valence-corrected chi connectivity index (χ1v) is 7.30. The first-order chi connectivity index (χ1) is 9.83. The molecule has 0 bridgehead atoms. The van der Waals surface area contributed by atoms with Crippen LogP contribution in [0.5, 0.6) is 0 Å². The fourth-order valence-corrected chi connectivity index (χ4v) is 2.31. The Morgan fingerprint density at radius 1 is 1.24 bits per heavy atom. The van der Waals surface area contributed by atoms with E-state index in [4.69, 9.17) is 0 Å². The second-order valence-electron chi connectivity index (χ2n) is 6.50. The summed E-state index contributed by atoms with van der Waals surface area (Å²) in [7, 11) is 0. The van der Waals surface area contributed by atoms with Gasteiger partial charge >= 0.3 is 6.03 Å². The van der Waals surface area contributed by atoms with Crippen molar-refractivity contribution in [1.82, 2.24) is 20.1 Å². The molecule has 2 N–H and O–H groups in total. The van der Waals surface area contributed by atoms with Crippen LogP contribution in [0.1, 0.15) is 26.3 Å². The lowest BCUT2D eigenvalue weighted by Crippen LogP contribution is -2.54. The minimum Gasteiger partial charge on any atom is -0.333 e. The van der Waals surface area contributed by atoms with E-state index in [1.54, 1.807) is 12.3 Å². The maximum Gasteiger partial charge on any atom is 0.317 e. The molecule has 1 saturated heterocycles. The largest absolute Gasteiger partial charge is 0.333 e. The Hall–Kier alpha value is -1.82. The molecule has 21 heavy (non-hydrogen) atoms. The molecule has 2 amide bonds. The van der Waals surface area contributed by atoms with Gasteiger partial charge in [-0.25, -0.2) is 4.79 Å². The molecule has 116 valence electrons. The van der Waals surface area contributed by atoms with Crippen molar-refractivity contribution in [3.8, 4) is 0 Å². The zero-order chi connectivity index (χ0) is 15.5. The van der Waals surface area contributed by atoms with Crippen molar-refractivity contribution in [2.45, 2.75) is 32.9 Å². The number of hydrogen-bond donors (Lipinski definition) is 2. The van der Waals surface area contributed by atoms with Gasteiger partial charge in [-0.3, -0.25) is 9.69 Å². The van der Waals surface area contributed by atoms with Crippen molar-refractivity contribution in [3.05, 3.63) is 34.2 Å². The second kappa shape index (κ2) is 6.30. The molecule has 1 fully saturated rings. The number of nitrogens with one attached hydrogen (secondary N) is 2. The SMILES string of the molecule is CC(C)(C)NC(=O)N1CCN(Cc2ccc(=O)[nH]c2)CC1. The number of carbonyl (C=O) groups is 1. The number of H-pyrrole nitrogens is 1. The Balaban J connectivity index is 1.81. The van der Waals surface area contributed by atoms with E-state index in [9.17, 15) is 9.59 Å². The van der Waals surface area contributed by atoms with Crippen molar-refractivity contribution < 1.29 is 4.79 Å². The van der Waals surface area contributed by atoms with Crippen LogP contribution in [0.25, 0.3) is 0 Å². The normalized spacial score (nSPS) is 16.8. The van der Waals surface area contributed by atoms with Crippen LogP contribution in [0, 0.1) is 0 Å². The van der Waals surface area contributed by atoms with Crippen LogP contribution in [-0.2, 0) is 6.54 Å². The highest BCUT2D eigenvalue weighted by Gasteiger charge is 2.23. The second-order valence-corrected chi connectivity index (χ2v) is 6.50. The van der Waals surface area contributed by atoms with Gasteiger partial charge in [0.1, 0.15) is 0 Å². The van der Waals surface area contributed by atoms with Crippen LogP contribution in [0.3, 0.4) is 0 Å². The fourth-order valence-electron chi connectivity index (χ4n) is 2.31. The summed E-state index contributed by atoms with van der Waals surface area (Å²) in [5, 5.41) is 2.99. The van der Waals surface area contributed by atoms with Crippen molar-refractivity contribution in [3.63, 3.8) is 0 Å². The lowest BCUT2D eigenvalue weighted by molar-refractivity contribution is 0.131. The smallest absolute Gasteiger partial charge is 0.317 e. The van der Waals surface area contributed by atoms with E-state index in [2.05, 4.69) is 15.2 Å². The third-order valence-corrected chi connectivity index (χ3v) is 3.40. The summed E-state index contributed by atoms with van der Waals surface area (Å²) < 4.78 is 0. The third-order valence-electron chi connectivity index (χ3n) is 3.40. The zero-order valence-electron chi connectivity index (χ0n) is 13.0. The Bertz CT molecular complexity index is 519. The molecule has 1 aliphatic heterocycles. The minimum absolute atomic E-state index is 0.00573. The van der Waals surface area contributed by atoms with Crippen molar-refractivity contribution in [2.75, 3.05) is 26.2 Å². The van der Waals surface area contributed by atoms with Crippen LogP contribution in [-0.4, -0.2) is 52.5 Å². The quantitative estimate of drug-likeness (QED) is 0.854. The molecule has 1 aliphatic rings. The number of pyridine rings is 1. The van der Waals surface area contributed by atoms with Crippen LogP contribution in [0.4, 0.5) is 4.79 Å². The first kappa shape index (κ1) is 15.6. The highest BCUT2D eigenvalue weighted by Crippen LogP contribution is 2.08. The Kier molecular flexibility index (Phi) is 4.67. The van der Waals surface area contributed by atoms with E-state index in [-0.39, 0.29) is 17.1 Å². The number of carbonyl (C=O) groups excluding carboxylic acids is 1. The minimum atomic E-state index is -0.204. The maximum atomic E-state index is 12.1. The van der Waals surface area contributed by atoms with E-state index in [0.717, 1.165) is 38.3 Å². The topological polar surface area (TPSA) is 68.4 Å². The molecule has 0 atom stereocenters. The van der Waals surface area contributed by atoms with Crippen molar-refractivity contribution in [2.24, 2.45) is 0 Å². The van der Waals surface area contributed by atoms with Gasteiger partial charge in [-0.2, -0.15) is 0 Å². The van der Waals surface area contributed by atoms with E-state index in [1.165, 1.54) is 0 Å².